The second kappa shape index (κ2) is 7.82. The molecule has 0 bridgehead atoms. The molecule has 1 fully saturated rings. The first-order valence-corrected chi connectivity index (χ1v) is 10.4. The zero-order chi connectivity index (χ0) is 21.4. The fraction of sp³-hybridized carbons (Fsp3) is 0.318. The average Bonchev–Trinajstić information content (AvgIpc) is 3.40. The van der Waals surface area contributed by atoms with Crippen LogP contribution in [0.4, 0.5) is 0 Å². The van der Waals surface area contributed by atoms with Crippen molar-refractivity contribution in [3.8, 4) is 22.8 Å². The average molecular weight is 418 g/mol. The number of carbonyl (C=O) groups excluding carboxylic acids is 1. The number of pyridine rings is 1. The SMILES string of the molecule is CC1CCCCN1C(=O)Cn1nc2c(-c3nc(-c4ccccc4)no3)cccn2c1=O. The summed E-state index contributed by atoms with van der Waals surface area (Å²) in [5.74, 6) is 0.620. The molecule has 0 N–H and O–H groups in total. The Labute approximate surface area is 177 Å². The molecule has 0 saturated carbocycles. The summed E-state index contributed by atoms with van der Waals surface area (Å²) in [5.41, 5.74) is 1.35. The van der Waals surface area contributed by atoms with Gasteiger partial charge in [-0.2, -0.15) is 4.98 Å². The molecule has 1 saturated heterocycles. The van der Waals surface area contributed by atoms with Gasteiger partial charge in [0.25, 0.3) is 5.89 Å². The van der Waals surface area contributed by atoms with E-state index >= 15 is 0 Å². The molecule has 9 heteroatoms. The van der Waals surface area contributed by atoms with Crippen LogP contribution in [-0.2, 0) is 11.3 Å². The fourth-order valence-corrected chi connectivity index (χ4v) is 4.03. The van der Waals surface area contributed by atoms with Crippen LogP contribution in [0.2, 0.25) is 0 Å². The van der Waals surface area contributed by atoms with Crippen LogP contribution in [0.15, 0.2) is 58.0 Å². The number of hydrogen-bond donors (Lipinski definition) is 0. The van der Waals surface area contributed by atoms with Crippen LogP contribution < -0.4 is 5.69 Å². The quantitative estimate of drug-likeness (QED) is 0.505. The predicted molar refractivity (Wildman–Crippen MR) is 113 cm³/mol. The molecule has 4 aromatic rings. The van der Waals surface area contributed by atoms with E-state index in [9.17, 15) is 9.59 Å². The highest BCUT2D eigenvalue weighted by Gasteiger charge is 2.25. The molecule has 1 unspecified atom stereocenters. The van der Waals surface area contributed by atoms with Crippen LogP contribution in [-0.4, -0.2) is 47.7 Å². The van der Waals surface area contributed by atoms with Gasteiger partial charge in [-0.3, -0.25) is 4.79 Å². The number of nitrogens with zero attached hydrogens (tertiary/aromatic N) is 6. The summed E-state index contributed by atoms with van der Waals surface area (Å²) in [6.07, 6.45) is 4.71. The minimum atomic E-state index is -0.377. The van der Waals surface area contributed by atoms with Crippen LogP contribution in [0.25, 0.3) is 28.5 Å². The summed E-state index contributed by atoms with van der Waals surface area (Å²) in [7, 11) is 0. The number of piperidine rings is 1. The van der Waals surface area contributed by atoms with Crippen molar-refractivity contribution >= 4 is 11.6 Å². The topological polar surface area (TPSA) is 98.5 Å². The molecule has 3 aromatic heterocycles. The lowest BCUT2D eigenvalue weighted by molar-refractivity contribution is -0.135. The van der Waals surface area contributed by atoms with Gasteiger partial charge in [-0.15, -0.1) is 5.10 Å². The number of amides is 1. The van der Waals surface area contributed by atoms with Crippen LogP contribution in [0.1, 0.15) is 26.2 Å². The lowest BCUT2D eigenvalue weighted by atomic mass is 10.0. The van der Waals surface area contributed by atoms with Gasteiger partial charge < -0.3 is 9.42 Å². The highest BCUT2D eigenvalue weighted by atomic mass is 16.5. The number of rotatable bonds is 4. The number of hydrogen-bond acceptors (Lipinski definition) is 6. The summed E-state index contributed by atoms with van der Waals surface area (Å²) in [6, 6.07) is 13.2. The Morgan fingerprint density at radius 3 is 2.81 bits per heavy atom. The van der Waals surface area contributed by atoms with E-state index < -0.39 is 0 Å². The van der Waals surface area contributed by atoms with E-state index in [4.69, 9.17) is 4.52 Å². The fourth-order valence-electron chi connectivity index (χ4n) is 4.03. The predicted octanol–water partition coefficient (Wildman–Crippen LogP) is 2.61. The van der Waals surface area contributed by atoms with Crippen LogP contribution in [0.5, 0.6) is 0 Å². The van der Waals surface area contributed by atoms with Crippen LogP contribution in [0.3, 0.4) is 0 Å². The zero-order valence-corrected chi connectivity index (χ0v) is 17.1. The van der Waals surface area contributed by atoms with Gasteiger partial charge in [0.15, 0.2) is 5.65 Å². The van der Waals surface area contributed by atoms with Gasteiger partial charge in [0.1, 0.15) is 6.54 Å². The van der Waals surface area contributed by atoms with E-state index in [1.165, 1.54) is 9.08 Å². The number of likely N-dealkylation sites (tertiary alicyclic amines) is 1. The molecule has 0 spiro atoms. The molecule has 1 amide bonds. The van der Waals surface area contributed by atoms with E-state index in [1.807, 2.05) is 42.2 Å². The van der Waals surface area contributed by atoms with E-state index in [0.717, 1.165) is 31.4 Å². The summed E-state index contributed by atoms with van der Waals surface area (Å²) in [4.78, 5) is 32.0. The maximum atomic E-state index is 12.9. The third-order valence-electron chi connectivity index (χ3n) is 5.71. The summed E-state index contributed by atoms with van der Waals surface area (Å²) >= 11 is 0. The minimum Gasteiger partial charge on any atom is -0.338 e. The number of fused-ring (bicyclic) bond motifs is 1. The molecule has 158 valence electrons. The molecule has 0 aliphatic carbocycles. The molecule has 5 rings (SSSR count). The third-order valence-corrected chi connectivity index (χ3v) is 5.71. The van der Waals surface area contributed by atoms with Crippen molar-refractivity contribution in [2.45, 2.75) is 38.8 Å². The highest BCUT2D eigenvalue weighted by Crippen LogP contribution is 2.24. The van der Waals surface area contributed by atoms with Gasteiger partial charge in [0.2, 0.25) is 11.7 Å². The molecule has 1 atom stereocenters. The van der Waals surface area contributed by atoms with Gasteiger partial charge in [-0.1, -0.05) is 35.5 Å². The molecule has 4 heterocycles. The molecule has 1 aliphatic heterocycles. The van der Waals surface area contributed by atoms with Crippen molar-refractivity contribution in [3.63, 3.8) is 0 Å². The first kappa shape index (κ1) is 19.2. The van der Waals surface area contributed by atoms with Gasteiger partial charge in [-0.25, -0.2) is 13.9 Å². The second-order valence-corrected chi connectivity index (χ2v) is 7.78. The standard InChI is InChI=1S/C22H22N6O3/c1-15-8-5-6-12-26(15)18(29)14-28-22(30)27-13-7-11-17(20(27)24-28)21-23-19(25-31-21)16-9-3-2-4-10-16/h2-4,7,9-11,13,15H,5-6,8,12,14H2,1H3. The highest BCUT2D eigenvalue weighted by molar-refractivity contribution is 5.77. The Kier molecular flexibility index (Phi) is 4.85. The molecule has 1 aromatic carbocycles. The van der Waals surface area contributed by atoms with E-state index in [0.29, 0.717) is 17.0 Å². The molecular formula is C22H22N6O3. The lowest BCUT2D eigenvalue weighted by Gasteiger charge is -2.33. The number of carbonyl (C=O) groups is 1. The Hall–Kier alpha value is -3.75. The van der Waals surface area contributed by atoms with Crippen LogP contribution in [0, 0.1) is 0 Å². The van der Waals surface area contributed by atoms with Gasteiger partial charge >= 0.3 is 5.69 Å². The van der Waals surface area contributed by atoms with Gasteiger partial charge in [-0.05, 0) is 38.3 Å². The summed E-state index contributed by atoms with van der Waals surface area (Å²) in [6.45, 7) is 2.67. The third kappa shape index (κ3) is 3.52. The number of benzene rings is 1. The maximum absolute atomic E-state index is 12.9. The summed E-state index contributed by atoms with van der Waals surface area (Å²) < 4.78 is 8.05. The van der Waals surface area contributed by atoms with Crippen molar-refractivity contribution in [3.05, 3.63) is 59.1 Å². The van der Waals surface area contributed by atoms with Crippen molar-refractivity contribution in [2.75, 3.05) is 6.54 Å². The number of aromatic nitrogens is 5. The van der Waals surface area contributed by atoms with Crippen molar-refractivity contribution < 1.29 is 9.32 Å². The molecule has 0 radical (unpaired) electrons. The van der Waals surface area contributed by atoms with Crippen molar-refractivity contribution in [1.29, 1.82) is 0 Å². The first-order valence-electron chi connectivity index (χ1n) is 10.4. The lowest BCUT2D eigenvalue weighted by Crippen LogP contribution is -2.44. The largest absolute Gasteiger partial charge is 0.350 e. The smallest absolute Gasteiger partial charge is 0.338 e. The van der Waals surface area contributed by atoms with Gasteiger partial charge in [0, 0.05) is 24.3 Å². The monoisotopic (exact) mass is 418 g/mol. The van der Waals surface area contributed by atoms with Crippen LogP contribution >= 0.6 is 0 Å². The Bertz CT molecular complexity index is 1290. The second-order valence-electron chi connectivity index (χ2n) is 7.78. The Balaban J connectivity index is 1.48. The van der Waals surface area contributed by atoms with Crippen molar-refractivity contribution in [2.24, 2.45) is 0 Å². The Morgan fingerprint density at radius 2 is 2.00 bits per heavy atom. The molecule has 9 nitrogen and oxygen atoms in total. The maximum Gasteiger partial charge on any atom is 0.350 e. The molecule has 31 heavy (non-hydrogen) atoms. The van der Waals surface area contributed by atoms with E-state index in [-0.39, 0.29) is 30.1 Å². The van der Waals surface area contributed by atoms with E-state index in [2.05, 4.69) is 15.2 Å². The minimum absolute atomic E-state index is 0.0939. The summed E-state index contributed by atoms with van der Waals surface area (Å²) in [5, 5.41) is 8.47. The van der Waals surface area contributed by atoms with Crippen molar-refractivity contribution in [1.82, 2.24) is 29.2 Å². The first-order chi connectivity index (χ1) is 15.1. The normalized spacial score (nSPS) is 16.7. The zero-order valence-electron chi connectivity index (χ0n) is 17.1. The van der Waals surface area contributed by atoms with Gasteiger partial charge in [0.05, 0.1) is 5.56 Å². The molecular weight excluding hydrogens is 396 g/mol. The van der Waals surface area contributed by atoms with E-state index in [1.54, 1.807) is 18.3 Å². The molecule has 1 aliphatic rings. The Morgan fingerprint density at radius 1 is 1.16 bits per heavy atom.